The number of hydrogen-bond donors (Lipinski definition) is 1. The maximum absolute atomic E-state index is 12.3. The van der Waals surface area contributed by atoms with E-state index in [1.54, 1.807) is 0 Å². The van der Waals surface area contributed by atoms with Crippen molar-refractivity contribution in [3.63, 3.8) is 0 Å². The lowest BCUT2D eigenvalue weighted by atomic mass is 9.84. The molecule has 1 aromatic heterocycles. The molecule has 6 nitrogen and oxygen atoms in total. The molecule has 3 aliphatic heterocycles. The summed E-state index contributed by atoms with van der Waals surface area (Å²) >= 11 is 0. The minimum absolute atomic E-state index is 0.0485. The molecule has 2 bridgehead atoms. The average molecular weight is 313 g/mol. The van der Waals surface area contributed by atoms with Crippen LogP contribution in [0.1, 0.15) is 23.5 Å². The molecule has 0 spiro atoms. The average Bonchev–Trinajstić information content (AvgIpc) is 3.05. The molecule has 3 fully saturated rings. The smallest absolute Gasteiger partial charge is 0.311 e. The van der Waals surface area contributed by atoms with Gasteiger partial charge in [0.05, 0.1) is 0 Å². The quantitative estimate of drug-likeness (QED) is 0.938. The number of rotatable bonds is 4. The predicted molar refractivity (Wildman–Crippen MR) is 83.4 cm³/mol. The van der Waals surface area contributed by atoms with Gasteiger partial charge in [-0.1, -0.05) is 18.2 Å². The number of oxazole rings is 1. The molecule has 120 valence electrons. The van der Waals surface area contributed by atoms with Gasteiger partial charge in [-0.15, -0.1) is 0 Å². The number of ether oxygens (including phenoxy) is 1. The molecule has 2 aromatic rings. The number of hydrogen-bond acceptors (Lipinski definition) is 5. The number of benzene rings is 1. The Kier molecular flexibility index (Phi) is 3.75. The second kappa shape index (κ2) is 6.04. The highest BCUT2D eigenvalue weighted by Gasteiger charge is 2.35. The van der Waals surface area contributed by atoms with Crippen molar-refractivity contribution in [1.29, 1.82) is 0 Å². The van der Waals surface area contributed by atoms with Crippen molar-refractivity contribution in [2.75, 3.05) is 19.6 Å². The molecule has 0 aliphatic carbocycles. The first-order valence-electron chi connectivity index (χ1n) is 8.00. The van der Waals surface area contributed by atoms with Crippen LogP contribution in [-0.2, 0) is 0 Å². The van der Waals surface area contributed by atoms with Gasteiger partial charge in [-0.25, -0.2) is 4.98 Å². The molecule has 0 radical (unpaired) electrons. The summed E-state index contributed by atoms with van der Waals surface area (Å²) in [5.41, 5.74) is 0. The lowest BCUT2D eigenvalue weighted by Gasteiger charge is -2.44. The first-order valence-corrected chi connectivity index (χ1v) is 8.00. The monoisotopic (exact) mass is 313 g/mol. The molecule has 0 saturated carbocycles. The van der Waals surface area contributed by atoms with Crippen LogP contribution in [0.2, 0.25) is 0 Å². The van der Waals surface area contributed by atoms with Crippen molar-refractivity contribution in [3.05, 3.63) is 42.4 Å². The van der Waals surface area contributed by atoms with Crippen LogP contribution >= 0.6 is 0 Å². The van der Waals surface area contributed by atoms with Gasteiger partial charge in [-0.3, -0.25) is 4.79 Å². The predicted octanol–water partition coefficient (Wildman–Crippen LogP) is 2.29. The Hall–Kier alpha value is -2.34. The minimum Gasteiger partial charge on any atom is -0.425 e. The fourth-order valence-corrected chi connectivity index (χ4v) is 3.37. The van der Waals surface area contributed by atoms with E-state index in [0.717, 1.165) is 32.5 Å². The number of piperidine rings is 3. The third kappa shape index (κ3) is 3.07. The van der Waals surface area contributed by atoms with Crippen LogP contribution in [0.15, 0.2) is 40.9 Å². The SMILES string of the molecule is O=C(N[C@H]1CN2CCC1CC2)c1ncc(Oc2ccccc2)o1. The number of aromatic nitrogens is 1. The van der Waals surface area contributed by atoms with Crippen LogP contribution in [0.3, 0.4) is 0 Å². The van der Waals surface area contributed by atoms with E-state index < -0.39 is 0 Å². The lowest BCUT2D eigenvalue weighted by Crippen LogP contribution is -2.57. The molecule has 3 saturated heterocycles. The van der Waals surface area contributed by atoms with Gasteiger partial charge in [0.15, 0.2) is 0 Å². The van der Waals surface area contributed by atoms with Crippen LogP contribution in [0, 0.1) is 5.92 Å². The Morgan fingerprint density at radius 2 is 2.04 bits per heavy atom. The summed E-state index contributed by atoms with van der Waals surface area (Å²) < 4.78 is 10.9. The molecular formula is C17H19N3O3. The molecule has 4 heterocycles. The highest BCUT2D eigenvalue weighted by atomic mass is 16.6. The van der Waals surface area contributed by atoms with E-state index in [2.05, 4.69) is 15.2 Å². The lowest BCUT2D eigenvalue weighted by molar-refractivity contribution is 0.0599. The van der Waals surface area contributed by atoms with E-state index >= 15 is 0 Å². The minimum atomic E-state index is -0.272. The Balaban J connectivity index is 1.39. The van der Waals surface area contributed by atoms with E-state index in [4.69, 9.17) is 9.15 Å². The van der Waals surface area contributed by atoms with Gasteiger partial charge in [0.25, 0.3) is 5.89 Å². The summed E-state index contributed by atoms with van der Waals surface area (Å²) in [7, 11) is 0. The van der Waals surface area contributed by atoms with Gasteiger partial charge in [-0.05, 0) is 44.0 Å². The second-order valence-corrected chi connectivity index (χ2v) is 6.12. The summed E-state index contributed by atoms with van der Waals surface area (Å²) in [4.78, 5) is 18.7. The molecule has 1 N–H and O–H groups in total. The number of para-hydroxylation sites is 1. The van der Waals surface area contributed by atoms with Gasteiger partial charge >= 0.3 is 11.9 Å². The first-order chi connectivity index (χ1) is 11.3. The largest absolute Gasteiger partial charge is 0.425 e. The van der Waals surface area contributed by atoms with Crippen LogP contribution in [0.4, 0.5) is 0 Å². The molecule has 1 amide bonds. The fraction of sp³-hybridized carbons (Fsp3) is 0.412. The Bertz CT molecular complexity index is 677. The fourth-order valence-electron chi connectivity index (χ4n) is 3.37. The van der Waals surface area contributed by atoms with E-state index in [9.17, 15) is 4.79 Å². The molecule has 6 heteroatoms. The van der Waals surface area contributed by atoms with Crippen molar-refractivity contribution >= 4 is 5.91 Å². The maximum atomic E-state index is 12.3. The number of carbonyl (C=O) groups is 1. The number of fused-ring (bicyclic) bond motifs is 3. The third-order valence-electron chi connectivity index (χ3n) is 4.61. The molecule has 1 atom stereocenters. The van der Waals surface area contributed by atoms with E-state index in [1.807, 2.05) is 30.3 Å². The summed E-state index contributed by atoms with van der Waals surface area (Å²) in [5.74, 6) is 1.21. The van der Waals surface area contributed by atoms with Crippen LogP contribution in [-0.4, -0.2) is 41.5 Å². The number of nitrogens with zero attached hydrogens (tertiary/aromatic N) is 2. The second-order valence-electron chi connectivity index (χ2n) is 6.12. The maximum Gasteiger partial charge on any atom is 0.311 e. The zero-order chi connectivity index (χ0) is 15.6. The summed E-state index contributed by atoms with van der Waals surface area (Å²) in [6.45, 7) is 3.21. The molecule has 3 aliphatic rings. The van der Waals surface area contributed by atoms with E-state index in [0.29, 0.717) is 11.7 Å². The summed E-state index contributed by atoms with van der Waals surface area (Å²) in [6.07, 6.45) is 3.73. The van der Waals surface area contributed by atoms with Crippen molar-refractivity contribution in [2.24, 2.45) is 5.92 Å². The first kappa shape index (κ1) is 14.3. The van der Waals surface area contributed by atoms with E-state index in [1.165, 1.54) is 6.20 Å². The van der Waals surface area contributed by atoms with Crippen LogP contribution < -0.4 is 10.1 Å². The van der Waals surface area contributed by atoms with Crippen LogP contribution in [0.25, 0.3) is 0 Å². The highest BCUT2D eigenvalue weighted by Crippen LogP contribution is 2.28. The number of carbonyl (C=O) groups excluding carboxylic acids is 1. The summed E-state index contributed by atoms with van der Waals surface area (Å²) in [6, 6.07) is 9.46. The van der Waals surface area contributed by atoms with Gasteiger partial charge in [-0.2, -0.15) is 0 Å². The standard InChI is InChI=1S/C17H19N3O3/c21-16(19-14-11-20-8-6-12(14)7-9-20)17-18-10-15(23-17)22-13-4-2-1-3-5-13/h1-5,10,12,14H,6-9,11H2,(H,19,21)/t14-/m0/s1. The molecule has 23 heavy (non-hydrogen) atoms. The van der Waals surface area contributed by atoms with Crippen molar-refractivity contribution in [1.82, 2.24) is 15.2 Å². The molecular weight excluding hydrogens is 294 g/mol. The zero-order valence-electron chi connectivity index (χ0n) is 12.8. The number of nitrogens with one attached hydrogen (secondary N) is 1. The molecule has 1 aromatic carbocycles. The zero-order valence-corrected chi connectivity index (χ0v) is 12.8. The van der Waals surface area contributed by atoms with Gasteiger partial charge in [0.1, 0.15) is 11.9 Å². The van der Waals surface area contributed by atoms with Crippen molar-refractivity contribution in [2.45, 2.75) is 18.9 Å². The van der Waals surface area contributed by atoms with Gasteiger partial charge in [0, 0.05) is 12.6 Å². The normalized spacial score (nSPS) is 26.0. The van der Waals surface area contributed by atoms with E-state index in [-0.39, 0.29) is 23.8 Å². The summed E-state index contributed by atoms with van der Waals surface area (Å²) in [5, 5.41) is 3.05. The third-order valence-corrected chi connectivity index (χ3v) is 4.61. The van der Waals surface area contributed by atoms with Crippen LogP contribution in [0.5, 0.6) is 11.7 Å². The molecule has 0 unspecified atom stereocenters. The highest BCUT2D eigenvalue weighted by molar-refractivity contribution is 5.89. The van der Waals surface area contributed by atoms with Gasteiger partial charge in [0.2, 0.25) is 0 Å². The Labute approximate surface area is 134 Å². The molecule has 5 rings (SSSR count). The van der Waals surface area contributed by atoms with Crippen molar-refractivity contribution < 1.29 is 13.9 Å². The topological polar surface area (TPSA) is 67.6 Å². The number of amides is 1. The Morgan fingerprint density at radius 1 is 1.26 bits per heavy atom. The Morgan fingerprint density at radius 3 is 2.74 bits per heavy atom. The van der Waals surface area contributed by atoms with Gasteiger partial charge < -0.3 is 19.4 Å². The van der Waals surface area contributed by atoms with Crippen molar-refractivity contribution in [3.8, 4) is 11.7 Å².